The second-order valence-electron chi connectivity index (χ2n) is 3.89. The molecule has 16 heavy (non-hydrogen) atoms. The molecule has 5 heteroatoms. The highest BCUT2D eigenvalue weighted by Gasteiger charge is 2.19. The van der Waals surface area contributed by atoms with Gasteiger partial charge in [0.15, 0.2) is 5.78 Å². The van der Waals surface area contributed by atoms with Gasteiger partial charge in [-0.25, -0.2) is 0 Å². The van der Waals surface area contributed by atoms with Crippen molar-refractivity contribution in [2.45, 2.75) is 25.9 Å². The molecule has 88 valence electrons. The van der Waals surface area contributed by atoms with E-state index in [0.717, 1.165) is 19.7 Å². The van der Waals surface area contributed by atoms with E-state index in [-0.39, 0.29) is 11.8 Å². The molecule has 0 bridgehead atoms. The van der Waals surface area contributed by atoms with Gasteiger partial charge in [0.25, 0.3) is 0 Å². The van der Waals surface area contributed by atoms with Crippen LogP contribution in [0.1, 0.15) is 23.8 Å². The highest BCUT2D eigenvalue weighted by molar-refractivity contribution is 5.94. The Balaban J connectivity index is 1.96. The van der Waals surface area contributed by atoms with Crippen LogP contribution < -0.4 is 5.32 Å². The molecule has 0 aliphatic carbocycles. The quantitative estimate of drug-likeness (QED) is 0.754. The van der Waals surface area contributed by atoms with Crippen molar-refractivity contribution in [1.82, 2.24) is 15.1 Å². The number of ether oxygens (including phenoxy) is 1. The molecule has 2 rings (SSSR count). The Morgan fingerprint density at radius 1 is 1.75 bits per heavy atom. The lowest BCUT2D eigenvalue weighted by molar-refractivity contribution is 0.0672. The van der Waals surface area contributed by atoms with Crippen molar-refractivity contribution in [3.05, 3.63) is 18.0 Å². The van der Waals surface area contributed by atoms with Gasteiger partial charge < -0.3 is 10.1 Å². The third kappa shape index (κ3) is 2.48. The lowest BCUT2D eigenvalue weighted by atomic mass is 10.1. The predicted octanol–water partition coefficient (Wildman–Crippen LogP) is 0.464. The third-order valence-corrected chi connectivity index (χ3v) is 2.73. The summed E-state index contributed by atoms with van der Waals surface area (Å²) in [6.45, 7) is 4.88. The molecule has 2 heterocycles. The van der Waals surface area contributed by atoms with Gasteiger partial charge in [-0.15, -0.1) is 0 Å². The van der Waals surface area contributed by atoms with Gasteiger partial charge in [-0.1, -0.05) is 0 Å². The minimum Gasteiger partial charge on any atom is -0.378 e. The minimum absolute atomic E-state index is 0.127. The zero-order valence-electron chi connectivity index (χ0n) is 9.48. The summed E-state index contributed by atoms with van der Waals surface area (Å²) < 4.78 is 7.05. The average Bonchev–Trinajstić information content (AvgIpc) is 2.78. The SMILES string of the molecule is CCn1nccc1C(=O)CC1COCCN1. The third-order valence-electron chi connectivity index (χ3n) is 2.73. The van der Waals surface area contributed by atoms with Gasteiger partial charge >= 0.3 is 0 Å². The van der Waals surface area contributed by atoms with Crippen LogP contribution >= 0.6 is 0 Å². The number of aryl methyl sites for hydroxylation is 1. The highest BCUT2D eigenvalue weighted by atomic mass is 16.5. The Morgan fingerprint density at radius 2 is 2.62 bits per heavy atom. The molecule has 1 aliphatic rings. The first kappa shape index (κ1) is 11.3. The first-order valence-electron chi connectivity index (χ1n) is 5.67. The van der Waals surface area contributed by atoms with Crippen LogP contribution in [-0.4, -0.2) is 41.4 Å². The standard InChI is InChI=1S/C11H17N3O2/c1-2-14-10(3-4-13-14)11(15)7-9-8-16-6-5-12-9/h3-4,9,12H,2,5-8H2,1H3. The van der Waals surface area contributed by atoms with E-state index >= 15 is 0 Å². The summed E-state index contributed by atoms with van der Waals surface area (Å²) in [5.41, 5.74) is 0.690. The van der Waals surface area contributed by atoms with Crippen molar-refractivity contribution < 1.29 is 9.53 Å². The maximum absolute atomic E-state index is 12.0. The van der Waals surface area contributed by atoms with Gasteiger partial charge in [-0.05, 0) is 13.0 Å². The minimum atomic E-state index is 0.127. The number of hydrogen-bond donors (Lipinski definition) is 1. The number of carbonyl (C=O) groups excluding carboxylic acids is 1. The van der Waals surface area contributed by atoms with Crippen molar-refractivity contribution in [1.29, 1.82) is 0 Å². The van der Waals surface area contributed by atoms with E-state index in [4.69, 9.17) is 4.74 Å². The molecule has 0 spiro atoms. The molecule has 1 fully saturated rings. The Bertz CT molecular complexity index is 356. The summed E-state index contributed by atoms with van der Waals surface area (Å²) in [7, 11) is 0. The second-order valence-corrected chi connectivity index (χ2v) is 3.89. The Morgan fingerprint density at radius 3 is 3.31 bits per heavy atom. The number of morpholine rings is 1. The number of nitrogens with one attached hydrogen (secondary N) is 1. The Hall–Kier alpha value is -1.20. The van der Waals surface area contributed by atoms with Gasteiger partial charge in [0.1, 0.15) is 5.69 Å². The van der Waals surface area contributed by atoms with Crippen molar-refractivity contribution in [3.63, 3.8) is 0 Å². The molecule has 0 amide bonds. The fourth-order valence-corrected chi connectivity index (χ4v) is 1.90. The lowest BCUT2D eigenvalue weighted by Crippen LogP contribution is -2.42. The number of rotatable bonds is 4. The van der Waals surface area contributed by atoms with E-state index in [0.29, 0.717) is 18.7 Å². The van der Waals surface area contributed by atoms with Crippen molar-refractivity contribution in [2.75, 3.05) is 19.8 Å². The molecular weight excluding hydrogens is 206 g/mol. The fraction of sp³-hybridized carbons (Fsp3) is 0.636. The fourth-order valence-electron chi connectivity index (χ4n) is 1.90. The van der Waals surface area contributed by atoms with Crippen LogP contribution in [0.2, 0.25) is 0 Å². The molecular formula is C11H17N3O2. The summed E-state index contributed by atoms with van der Waals surface area (Å²) in [5, 5.41) is 7.37. The summed E-state index contributed by atoms with van der Waals surface area (Å²) in [5.74, 6) is 0.127. The molecule has 0 aromatic carbocycles. The van der Waals surface area contributed by atoms with E-state index in [1.54, 1.807) is 16.9 Å². The Kier molecular flexibility index (Phi) is 3.69. The highest BCUT2D eigenvalue weighted by Crippen LogP contribution is 2.07. The van der Waals surface area contributed by atoms with Crippen LogP contribution in [-0.2, 0) is 11.3 Å². The van der Waals surface area contributed by atoms with Gasteiger partial charge in [-0.3, -0.25) is 9.48 Å². The van der Waals surface area contributed by atoms with Gasteiger partial charge in [0.05, 0.1) is 13.2 Å². The average molecular weight is 223 g/mol. The molecule has 1 atom stereocenters. The second kappa shape index (κ2) is 5.23. The van der Waals surface area contributed by atoms with E-state index < -0.39 is 0 Å². The largest absolute Gasteiger partial charge is 0.378 e. The number of hydrogen-bond acceptors (Lipinski definition) is 4. The summed E-state index contributed by atoms with van der Waals surface area (Å²) in [6.07, 6.45) is 2.15. The zero-order chi connectivity index (χ0) is 11.4. The molecule has 1 aromatic rings. The predicted molar refractivity (Wildman–Crippen MR) is 59.5 cm³/mol. The van der Waals surface area contributed by atoms with E-state index in [9.17, 15) is 4.79 Å². The van der Waals surface area contributed by atoms with Crippen LogP contribution in [0.3, 0.4) is 0 Å². The number of nitrogens with zero attached hydrogens (tertiary/aromatic N) is 2. The van der Waals surface area contributed by atoms with Crippen LogP contribution in [0.5, 0.6) is 0 Å². The van der Waals surface area contributed by atoms with Gasteiger partial charge in [0, 0.05) is 31.7 Å². The molecule has 0 radical (unpaired) electrons. The summed E-state index contributed by atoms with van der Waals surface area (Å²) in [4.78, 5) is 12.0. The van der Waals surface area contributed by atoms with Crippen LogP contribution in [0, 0.1) is 0 Å². The van der Waals surface area contributed by atoms with Crippen molar-refractivity contribution in [3.8, 4) is 0 Å². The molecule has 1 aromatic heterocycles. The first-order valence-corrected chi connectivity index (χ1v) is 5.67. The van der Waals surface area contributed by atoms with Crippen LogP contribution in [0.25, 0.3) is 0 Å². The molecule has 1 saturated heterocycles. The molecule has 0 saturated carbocycles. The van der Waals surface area contributed by atoms with E-state index in [2.05, 4.69) is 10.4 Å². The number of ketones is 1. The number of carbonyl (C=O) groups is 1. The smallest absolute Gasteiger partial charge is 0.182 e. The van der Waals surface area contributed by atoms with Gasteiger partial charge in [0.2, 0.25) is 0 Å². The van der Waals surface area contributed by atoms with Crippen LogP contribution in [0.4, 0.5) is 0 Å². The van der Waals surface area contributed by atoms with E-state index in [1.165, 1.54) is 0 Å². The van der Waals surface area contributed by atoms with Gasteiger partial charge in [-0.2, -0.15) is 5.10 Å². The maximum atomic E-state index is 12.0. The lowest BCUT2D eigenvalue weighted by Gasteiger charge is -2.23. The van der Waals surface area contributed by atoms with Crippen LogP contribution in [0.15, 0.2) is 12.3 Å². The normalized spacial score (nSPS) is 20.9. The topological polar surface area (TPSA) is 56.2 Å². The van der Waals surface area contributed by atoms with Crippen molar-refractivity contribution >= 4 is 5.78 Å². The number of aromatic nitrogens is 2. The maximum Gasteiger partial charge on any atom is 0.182 e. The summed E-state index contributed by atoms with van der Waals surface area (Å²) >= 11 is 0. The molecule has 1 unspecified atom stereocenters. The molecule has 5 nitrogen and oxygen atoms in total. The van der Waals surface area contributed by atoms with E-state index in [1.807, 2.05) is 6.92 Å². The zero-order valence-corrected chi connectivity index (χ0v) is 9.48. The van der Waals surface area contributed by atoms with Crippen molar-refractivity contribution in [2.24, 2.45) is 0 Å². The number of Topliss-reactive ketones (excluding diaryl/α,β-unsaturated/α-hetero) is 1. The first-order chi connectivity index (χ1) is 7.81. The Labute approximate surface area is 94.8 Å². The monoisotopic (exact) mass is 223 g/mol. The molecule has 1 aliphatic heterocycles. The summed E-state index contributed by atoms with van der Waals surface area (Å²) in [6, 6.07) is 1.91. The molecule has 1 N–H and O–H groups in total.